The van der Waals surface area contributed by atoms with Gasteiger partial charge in [-0.25, -0.2) is 0 Å². The van der Waals surface area contributed by atoms with Crippen molar-refractivity contribution in [3.63, 3.8) is 0 Å². The number of carbonyl (C=O) groups is 1. The topological polar surface area (TPSA) is 68.0 Å². The van der Waals surface area contributed by atoms with Crippen LogP contribution in [0.25, 0.3) is 0 Å². The second-order valence-electron chi connectivity index (χ2n) is 5.25. The van der Waals surface area contributed by atoms with E-state index in [1.165, 1.54) is 5.56 Å². The Morgan fingerprint density at radius 1 is 1.18 bits per heavy atom. The number of hydrogen-bond acceptors (Lipinski definition) is 4. The molecule has 0 atom stereocenters. The minimum absolute atomic E-state index is 0.0864. The van der Waals surface area contributed by atoms with E-state index >= 15 is 0 Å². The molecule has 1 N–H and O–H groups in total. The molecule has 0 unspecified atom stereocenters. The monoisotopic (exact) mass is 301 g/mol. The zero-order chi connectivity index (χ0) is 15.6. The number of nitrogens with zero attached hydrogens (tertiary/aromatic N) is 2. The quantitative estimate of drug-likeness (QED) is 0.723. The predicted octanol–water partition coefficient (Wildman–Crippen LogP) is 2.70. The van der Waals surface area contributed by atoms with Crippen LogP contribution in [0.3, 0.4) is 0 Å². The fraction of sp³-hybridized carbons (Fsp3) is 0.471. The van der Waals surface area contributed by atoms with E-state index in [0.29, 0.717) is 25.3 Å². The van der Waals surface area contributed by atoms with E-state index in [4.69, 9.17) is 4.52 Å². The molecule has 0 radical (unpaired) electrons. The fourth-order valence-electron chi connectivity index (χ4n) is 2.19. The first-order chi connectivity index (χ1) is 10.8. The first-order valence-electron chi connectivity index (χ1n) is 7.90. The van der Waals surface area contributed by atoms with Crippen molar-refractivity contribution in [2.24, 2.45) is 0 Å². The first-order valence-corrected chi connectivity index (χ1v) is 7.90. The lowest BCUT2D eigenvalue weighted by molar-refractivity contribution is -0.121. The summed E-state index contributed by atoms with van der Waals surface area (Å²) in [6.45, 7) is 2.70. The van der Waals surface area contributed by atoms with Crippen molar-refractivity contribution in [2.75, 3.05) is 6.54 Å². The zero-order valence-corrected chi connectivity index (χ0v) is 13.0. The maximum atomic E-state index is 11.7. The molecule has 1 heterocycles. The van der Waals surface area contributed by atoms with Crippen LogP contribution in [0.1, 0.15) is 43.5 Å². The van der Waals surface area contributed by atoms with Crippen LogP contribution in [-0.2, 0) is 24.1 Å². The molecule has 1 aromatic carbocycles. The van der Waals surface area contributed by atoms with Gasteiger partial charge in [0, 0.05) is 25.8 Å². The highest BCUT2D eigenvalue weighted by molar-refractivity contribution is 5.75. The Labute approximate surface area is 131 Å². The highest BCUT2D eigenvalue weighted by Gasteiger charge is 2.06. The summed E-state index contributed by atoms with van der Waals surface area (Å²) >= 11 is 0. The van der Waals surface area contributed by atoms with Crippen LogP contribution >= 0.6 is 0 Å². The Bertz CT molecular complexity index is 566. The molecule has 0 fully saturated rings. The molecule has 0 spiro atoms. The summed E-state index contributed by atoms with van der Waals surface area (Å²) in [6.07, 6.45) is 4.60. The van der Waals surface area contributed by atoms with Crippen molar-refractivity contribution in [1.82, 2.24) is 15.5 Å². The normalized spacial score (nSPS) is 10.6. The Hall–Kier alpha value is -2.17. The molecular formula is C17H23N3O2. The van der Waals surface area contributed by atoms with Gasteiger partial charge in [-0.3, -0.25) is 4.79 Å². The van der Waals surface area contributed by atoms with E-state index in [-0.39, 0.29) is 5.91 Å². The van der Waals surface area contributed by atoms with Crippen molar-refractivity contribution in [3.8, 4) is 0 Å². The summed E-state index contributed by atoms with van der Waals surface area (Å²) in [5, 5.41) is 6.79. The molecule has 5 heteroatoms. The van der Waals surface area contributed by atoms with Crippen molar-refractivity contribution < 1.29 is 9.32 Å². The van der Waals surface area contributed by atoms with Gasteiger partial charge >= 0.3 is 0 Å². The molecule has 0 bridgehead atoms. The smallest absolute Gasteiger partial charge is 0.226 e. The van der Waals surface area contributed by atoms with Gasteiger partial charge in [0.15, 0.2) is 5.82 Å². The van der Waals surface area contributed by atoms with E-state index in [1.54, 1.807) is 0 Å². The SMILES string of the molecule is CCc1noc(CCCC(=O)NCCCc2ccccc2)n1. The minimum Gasteiger partial charge on any atom is -0.356 e. The number of rotatable bonds is 9. The van der Waals surface area contributed by atoms with Crippen LogP contribution in [-0.4, -0.2) is 22.6 Å². The molecule has 1 aromatic heterocycles. The number of aromatic nitrogens is 2. The molecule has 2 aromatic rings. The van der Waals surface area contributed by atoms with E-state index < -0.39 is 0 Å². The Kier molecular flexibility index (Phi) is 6.61. The Morgan fingerprint density at radius 2 is 2.00 bits per heavy atom. The summed E-state index contributed by atoms with van der Waals surface area (Å²) in [5.74, 6) is 1.43. The van der Waals surface area contributed by atoms with Gasteiger partial charge in [-0.15, -0.1) is 0 Å². The van der Waals surface area contributed by atoms with Crippen molar-refractivity contribution in [2.45, 2.75) is 45.4 Å². The molecule has 0 saturated heterocycles. The molecular weight excluding hydrogens is 278 g/mol. The molecule has 2 rings (SSSR count). The fourth-order valence-corrected chi connectivity index (χ4v) is 2.19. The first kappa shape index (κ1) is 16.2. The van der Waals surface area contributed by atoms with Gasteiger partial charge in [-0.2, -0.15) is 4.98 Å². The third-order valence-electron chi connectivity index (χ3n) is 3.43. The van der Waals surface area contributed by atoms with E-state index in [1.807, 2.05) is 25.1 Å². The van der Waals surface area contributed by atoms with Gasteiger partial charge in [0.2, 0.25) is 11.8 Å². The summed E-state index contributed by atoms with van der Waals surface area (Å²) < 4.78 is 5.09. The molecule has 0 aliphatic carbocycles. The average molecular weight is 301 g/mol. The molecule has 22 heavy (non-hydrogen) atoms. The van der Waals surface area contributed by atoms with Crippen LogP contribution in [0.15, 0.2) is 34.9 Å². The third kappa shape index (κ3) is 5.68. The number of hydrogen-bond donors (Lipinski definition) is 1. The summed E-state index contributed by atoms with van der Waals surface area (Å²) in [7, 11) is 0. The summed E-state index contributed by atoms with van der Waals surface area (Å²) in [5.41, 5.74) is 1.31. The predicted molar refractivity (Wildman–Crippen MR) is 84.4 cm³/mol. The molecule has 5 nitrogen and oxygen atoms in total. The van der Waals surface area contributed by atoms with Gasteiger partial charge in [-0.05, 0) is 24.8 Å². The van der Waals surface area contributed by atoms with Crippen molar-refractivity contribution >= 4 is 5.91 Å². The maximum Gasteiger partial charge on any atom is 0.226 e. The van der Waals surface area contributed by atoms with Gasteiger partial charge in [0.1, 0.15) is 0 Å². The van der Waals surface area contributed by atoms with Crippen LogP contribution in [0, 0.1) is 0 Å². The largest absolute Gasteiger partial charge is 0.356 e. The summed E-state index contributed by atoms with van der Waals surface area (Å²) in [6, 6.07) is 10.3. The van der Waals surface area contributed by atoms with Crippen LogP contribution < -0.4 is 5.32 Å². The average Bonchev–Trinajstić information content (AvgIpc) is 3.01. The second-order valence-corrected chi connectivity index (χ2v) is 5.25. The van der Waals surface area contributed by atoms with E-state index in [9.17, 15) is 4.79 Å². The molecule has 118 valence electrons. The van der Waals surface area contributed by atoms with Crippen LogP contribution in [0.4, 0.5) is 0 Å². The molecule has 0 saturated carbocycles. The van der Waals surface area contributed by atoms with Crippen molar-refractivity contribution in [3.05, 3.63) is 47.6 Å². The van der Waals surface area contributed by atoms with Gasteiger partial charge in [0.05, 0.1) is 0 Å². The second kappa shape index (κ2) is 8.97. The van der Waals surface area contributed by atoms with Gasteiger partial charge in [0.25, 0.3) is 0 Å². The molecule has 0 aliphatic heterocycles. The number of carbonyl (C=O) groups excluding carboxylic acids is 1. The zero-order valence-electron chi connectivity index (χ0n) is 13.0. The standard InChI is InChI=1S/C17H23N3O2/c1-2-15-19-17(22-20-15)12-6-11-16(21)18-13-7-10-14-8-4-3-5-9-14/h3-5,8-9H,2,6-7,10-13H2,1H3,(H,18,21). The van der Waals surface area contributed by atoms with E-state index in [0.717, 1.165) is 31.5 Å². The summed E-state index contributed by atoms with van der Waals surface area (Å²) in [4.78, 5) is 16.0. The van der Waals surface area contributed by atoms with E-state index in [2.05, 4.69) is 27.6 Å². The van der Waals surface area contributed by atoms with Crippen molar-refractivity contribution in [1.29, 1.82) is 0 Å². The lowest BCUT2D eigenvalue weighted by Gasteiger charge is -2.04. The lowest BCUT2D eigenvalue weighted by atomic mass is 10.1. The van der Waals surface area contributed by atoms with Gasteiger partial charge in [-0.1, -0.05) is 42.4 Å². The minimum atomic E-state index is 0.0864. The number of aryl methyl sites for hydroxylation is 3. The van der Waals surface area contributed by atoms with Crippen LogP contribution in [0.2, 0.25) is 0 Å². The number of nitrogens with one attached hydrogen (secondary N) is 1. The Balaban J connectivity index is 1.54. The number of amides is 1. The number of benzene rings is 1. The highest BCUT2D eigenvalue weighted by atomic mass is 16.5. The van der Waals surface area contributed by atoms with Gasteiger partial charge < -0.3 is 9.84 Å². The molecule has 1 amide bonds. The highest BCUT2D eigenvalue weighted by Crippen LogP contribution is 2.04. The van der Waals surface area contributed by atoms with Crippen LogP contribution in [0.5, 0.6) is 0 Å². The third-order valence-corrected chi connectivity index (χ3v) is 3.43. The lowest BCUT2D eigenvalue weighted by Crippen LogP contribution is -2.24. The molecule has 0 aliphatic rings. The maximum absolute atomic E-state index is 11.7. The Morgan fingerprint density at radius 3 is 2.73 bits per heavy atom.